The van der Waals surface area contributed by atoms with E-state index in [1.165, 1.54) is 42.5 Å². The van der Waals surface area contributed by atoms with Crippen molar-refractivity contribution in [1.82, 2.24) is 0 Å². The topological polar surface area (TPSA) is 47.6 Å². The average molecular weight is 391 g/mol. The third-order valence-corrected chi connectivity index (χ3v) is 5.18. The SMILES string of the molecule is CC1(C)OB(c2ccc(C(F)F)c(C(=O)Nc3ccc(F)cc3)c2)OC1(C)C. The van der Waals surface area contributed by atoms with Crippen molar-refractivity contribution in [2.45, 2.75) is 45.3 Å². The monoisotopic (exact) mass is 391 g/mol. The van der Waals surface area contributed by atoms with Crippen molar-refractivity contribution in [2.75, 3.05) is 5.32 Å². The number of carbonyl (C=O) groups excluding carboxylic acids is 1. The van der Waals surface area contributed by atoms with Gasteiger partial charge in [-0.05, 0) is 63.5 Å². The minimum Gasteiger partial charge on any atom is -0.399 e. The number of rotatable bonds is 4. The van der Waals surface area contributed by atoms with E-state index in [0.29, 0.717) is 11.2 Å². The summed E-state index contributed by atoms with van der Waals surface area (Å²) in [5.74, 6) is -1.19. The normalized spacial score (nSPS) is 17.8. The number of nitrogens with one attached hydrogen (secondary N) is 1. The minimum absolute atomic E-state index is 0.188. The highest BCUT2D eigenvalue weighted by Gasteiger charge is 2.51. The van der Waals surface area contributed by atoms with E-state index in [1.807, 2.05) is 27.7 Å². The molecular formula is C20H21BF3NO3. The molecule has 0 bridgehead atoms. The van der Waals surface area contributed by atoms with Crippen LogP contribution in [0.2, 0.25) is 0 Å². The Labute approximate surface area is 162 Å². The highest BCUT2D eigenvalue weighted by Crippen LogP contribution is 2.36. The quantitative estimate of drug-likeness (QED) is 0.791. The molecule has 0 unspecified atom stereocenters. The second kappa shape index (κ2) is 7.26. The molecule has 1 aliphatic heterocycles. The number of alkyl halides is 2. The van der Waals surface area contributed by atoms with Crippen molar-refractivity contribution in [2.24, 2.45) is 0 Å². The van der Waals surface area contributed by atoms with Crippen molar-refractivity contribution in [3.8, 4) is 0 Å². The first kappa shape index (κ1) is 20.4. The summed E-state index contributed by atoms with van der Waals surface area (Å²) in [7, 11) is -0.783. The lowest BCUT2D eigenvalue weighted by molar-refractivity contribution is 0.00578. The third-order valence-electron chi connectivity index (χ3n) is 5.18. The fraction of sp³-hybridized carbons (Fsp3) is 0.350. The Balaban J connectivity index is 1.92. The lowest BCUT2D eigenvalue weighted by atomic mass is 9.77. The molecule has 0 spiro atoms. The summed E-state index contributed by atoms with van der Waals surface area (Å²) in [6.07, 6.45) is -2.83. The number of hydrogen-bond donors (Lipinski definition) is 1. The van der Waals surface area contributed by atoms with Crippen LogP contribution in [0.5, 0.6) is 0 Å². The molecule has 2 aromatic carbocycles. The molecule has 8 heteroatoms. The van der Waals surface area contributed by atoms with Crippen molar-refractivity contribution >= 4 is 24.2 Å². The van der Waals surface area contributed by atoms with Gasteiger partial charge in [0.2, 0.25) is 0 Å². The molecule has 3 rings (SSSR count). The fourth-order valence-corrected chi connectivity index (χ4v) is 2.82. The first-order valence-corrected chi connectivity index (χ1v) is 8.85. The minimum atomic E-state index is -2.83. The van der Waals surface area contributed by atoms with Crippen LogP contribution in [-0.2, 0) is 9.31 Å². The maximum Gasteiger partial charge on any atom is 0.494 e. The van der Waals surface area contributed by atoms with Crippen LogP contribution in [0, 0.1) is 5.82 Å². The first-order valence-electron chi connectivity index (χ1n) is 8.85. The van der Waals surface area contributed by atoms with Gasteiger partial charge in [0.25, 0.3) is 12.3 Å². The van der Waals surface area contributed by atoms with Gasteiger partial charge in [0.15, 0.2) is 0 Å². The largest absolute Gasteiger partial charge is 0.494 e. The van der Waals surface area contributed by atoms with Crippen LogP contribution in [0.15, 0.2) is 42.5 Å². The number of anilines is 1. The zero-order chi connectivity index (χ0) is 20.7. The Morgan fingerprint density at radius 3 is 2.11 bits per heavy atom. The number of benzene rings is 2. The van der Waals surface area contributed by atoms with Gasteiger partial charge in [0.05, 0.1) is 11.2 Å². The highest BCUT2D eigenvalue weighted by atomic mass is 19.3. The van der Waals surface area contributed by atoms with Gasteiger partial charge in [0, 0.05) is 16.8 Å². The van der Waals surface area contributed by atoms with Crippen LogP contribution in [0.1, 0.15) is 50.0 Å². The molecule has 0 saturated carbocycles. The number of carbonyl (C=O) groups is 1. The zero-order valence-electron chi connectivity index (χ0n) is 16.1. The Bertz CT molecular complexity index is 869. The Morgan fingerprint density at radius 1 is 1.00 bits per heavy atom. The second-order valence-corrected chi connectivity index (χ2v) is 7.70. The smallest absolute Gasteiger partial charge is 0.399 e. The molecule has 1 saturated heterocycles. The van der Waals surface area contributed by atoms with Crippen LogP contribution in [0.25, 0.3) is 0 Å². The zero-order valence-corrected chi connectivity index (χ0v) is 16.1. The lowest BCUT2D eigenvalue weighted by Gasteiger charge is -2.32. The molecule has 4 nitrogen and oxygen atoms in total. The molecule has 0 aromatic heterocycles. The third kappa shape index (κ3) is 3.93. The van der Waals surface area contributed by atoms with Gasteiger partial charge in [-0.15, -0.1) is 0 Å². The van der Waals surface area contributed by atoms with E-state index in [1.54, 1.807) is 0 Å². The fourth-order valence-electron chi connectivity index (χ4n) is 2.82. The summed E-state index contributed by atoms with van der Waals surface area (Å²) in [6.45, 7) is 7.51. The number of amides is 1. The summed E-state index contributed by atoms with van der Waals surface area (Å²) in [5, 5.41) is 2.51. The molecule has 1 amide bonds. The van der Waals surface area contributed by atoms with E-state index in [4.69, 9.17) is 9.31 Å². The summed E-state index contributed by atoms with van der Waals surface area (Å²) >= 11 is 0. The van der Waals surface area contributed by atoms with Crippen LogP contribution in [0.4, 0.5) is 18.9 Å². The molecule has 148 valence electrons. The van der Waals surface area contributed by atoms with E-state index in [9.17, 15) is 18.0 Å². The van der Waals surface area contributed by atoms with Gasteiger partial charge in [0.1, 0.15) is 5.82 Å². The van der Waals surface area contributed by atoms with Crippen molar-refractivity contribution in [3.63, 3.8) is 0 Å². The maximum absolute atomic E-state index is 13.4. The molecule has 1 N–H and O–H groups in total. The van der Waals surface area contributed by atoms with Crippen molar-refractivity contribution < 1.29 is 27.3 Å². The maximum atomic E-state index is 13.4. The summed E-state index contributed by atoms with van der Waals surface area (Å²) in [6, 6.07) is 9.07. The molecule has 28 heavy (non-hydrogen) atoms. The Hall–Kier alpha value is -2.32. The molecule has 0 aliphatic carbocycles. The van der Waals surface area contributed by atoms with E-state index in [2.05, 4.69) is 5.32 Å². The van der Waals surface area contributed by atoms with Gasteiger partial charge in [-0.3, -0.25) is 4.79 Å². The molecule has 2 aromatic rings. The average Bonchev–Trinajstić information content (AvgIpc) is 2.84. The molecule has 1 aliphatic rings. The molecule has 1 fully saturated rings. The molecule has 0 atom stereocenters. The van der Waals surface area contributed by atoms with Gasteiger partial charge in [-0.25, -0.2) is 13.2 Å². The lowest BCUT2D eigenvalue weighted by Crippen LogP contribution is -2.41. The highest BCUT2D eigenvalue weighted by molar-refractivity contribution is 6.62. The summed E-state index contributed by atoms with van der Waals surface area (Å²) in [5.41, 5.74) is -1.03. The predicted octanol–water partition coefficient (Wildman–Crippen LogP) is 4.31. The van der Waals surface area contributed by atoms with Crippen LogP contribution >= 0.6 is 0 Å². The van der Waals surface area contributed by atoms with E-state index in [0.717, 1.165) is 0 Å². The van der Waals surface area contributed by atoms with Crippen LogP contribution in [-0.4, -0.2) is 24.2 Å². The summed E-state index contributed by atoms with van der Waals surface area (Å²) in [4.78, 5) is 12.6. The van der Waals surface area contributed by atoms with Crippen LogP contribution in [0.3, 0.4) is 0 Å². The summed E-state index contributed by atoms with van der Waals surface area (Å²) < 4.78 is 51.8. The van der Waals surface area contributed by atoms with E-state index in [-0.39, 0.29) is 5.56 Å². The molecular weight excluding hydrogens is 370 g/mol. The van der Waals surface area contributed by atoms with Crippen molar-refractivity contribution in [1.29, 1.82) is 0 Å². The van der Waals surface area contributed by atoms with Crippen LogP contribution < -0.4 is 10.8 Å². The second-order valence-electron chi connectivity index (χ2n) is 7.70. The van der Waals surface area contributed by atoms with E-state index >= 15 is 0 Å². The van der Waals surface area contributed by atoms with E-state index < -0.39 is 42.0 Å². The molecule has 1 heterocycles. The number of hydrogen-bond acceptors (Lipinski definition) is 3. The van der Waals surface area contributed by atoms with Gasteiger partial charge in [-0.1, -0.05) is 12.1 Å². The Morgan fingerprint density at radius 2 is 1.57 bits per heavy atom. The predicted molar refractivity (Wildman–Crippen MR) is 101 cm³/mol. The first-order chi connectivity index (χ1) is 13.0. The van der Waals surface area contributed by atoms with Gasteiger partial charge < -0.3 is 14.6 Å². The van der Waals surface area contributed by atoms with Gasteiger partial charge >= 0.3 is 7.12 Å². The van der Waals surface area contributed by atoms with Crippen molar-refractivity contribution in [3.05, 3.63) is 59.4 Å². The van der Waals surface area contributed by atoms with Gasteiger partial charge in [-0.2, -0.15) is 0 Å². The number of halogens is 3. The molecule has 0 radical (unpaired) electrons. The Kier molecular flexibility index (Phi) is 5.29. The standard InChI is InChI=1S/C20H21BF3NO3/c1-19(2)20(3,4)28-21(27-19)12-5-10-15(17(23)24)16(11-12)18(26)25-14-8-6-13(22)7-9-14/h5-11,17H,1-4H3,(H,25,26).